The summed E-state index contributed by atoms with van der Waals surface area (Å²) in [7, 11) is 0. The summed E-state index contributed by atoms with van der Waals surface area (Å²) in [4.78, 5) is 0. The van der Waals surface area contributed by atoms with E-state index in [0.717, 1.165) is 25.7 Å². The molecule has 82 valence electrons. The number of aromatic hydroxyl groups is 1. The monoisotopic (exact) mass is 210 g/mol. The van der Waals surface area contributed by atoms with Gasteiger partial charge < -0.3 is 10.2 Å². The minimum Gasteiger partial charge on any atom is -0.508 e. The molecule has 1 aromatic carbocycles. The van der Waals surface area contributed by atoms with Crippen LogP contribution < -0.4 is 0 Å². The summed E-state index contributed by atoms with van der Waals surface area (Å²) in [5.74, 6) is -0.00721. The van der Waals surface area contributed by atoms with Gasteiger partial charge in [0.05, 0.1) is 6.10 Å². The van der Waals surface area contributed by atoms with Gasteiger partial charge in [-0.3, -0.25) is 0 Å². The van der Waals surface area contributed by atoms with Crippen LogP contribution in [0.5, 0.6) is 5.75 Å². The molecule has 0 bridgehead atoms. The zero-order valence-corrected chi connectivity index (χ0v) is 8.49. The van der Waals surface area contributed by atoms with Crippen LogP contribution in [0, 0.1) is 5.82 Å². The van der Waals surface area contributed by atoms with Crippen LogP contribution in [0.2, 0.25) is 0 Å². The lowest BCUT2D eigenvalue weighted by Crippen LogP contribution is -2.17. The van der Waals surface area contributed by atoms with Crippen LogP contribution >= 0.6 is 0 Å². The van der Waals surface area contributed by atoms with E-state index in [2.05, 4.69) is 0 Å². The van der Waals surface area contributed by atoms with Crippen LogP contribution in [0.25, 0.3) is 0 Å². The van der Waals surface area contributed by atoms with Crippen molar-refractivity contribution >= 4 is 0 Å². The van der Waals surface area contributed by atoms with Gasteiger partial charge in [-0.05, 0) is 55.4 Å². The molecule has 0 atom stereocenters. The number of aliphatic hydroxyl groups excluding tert-OH is 1. The maximum Gasteiger partial charge on any atom is 0.126 e. The Morgan fingerprint density at radius 3 is 2.47 bits per heavy atom. The first-order chi connectivity index (χ1) is 7.16. The fourth-order valence-electron chi connectivity index (χ4n) is 2.23. The third kappa shape index (κ3) is 2.29. The van der Waals surface area contributed by atoms with Crippen LogP contribution in [0.3, 0.4) is 0 Å². The topological polar surface area (TPSA) is 40.5 Å². The number of rotatable bonds is 1. The molecule has 1 aliphatic rings. The van der Waals surface area contributed by atoms with Gasteiger partial charge in [0.2, 0.25) is 0 Å². The number of benzene rings is 1. The van der Waals surface area contributed by atoms with Gasteiger partial charge in [-0.15, -0.1) is 0 Å². The largest absolute Gasteiger partial charge is 0.508 e. The van der Waals surface area contributed by atoms with Crippen molar-refractivity contribution < 1.29 is 14.6 Å². The van der Waals surface area contributed by atoms with Crippen molar-refractivity contribution in [3.8, 4) is 5.75 Å². The Kier molecular flexibility index (Phi) is 2.91. The van der Waals surface area contributed by atoms with E-state index in [1.165, 1.54) is 18.2 Å². The molecule has 0 saturated heterocycles. The molecule has 0 unspecified atom stereocenters. The van der Waals surface area contributed by atoms with Crippen molar-refractivity contribution in [2.24, 2.45) is 0 Å². The summed E-state index contributed by atoms with van der Waals surface area (Å²) < 4.78 is 13.5. The highest BCUT2D eigenvalue weighted by Gasteiger charge is 2.23. The number of hydrogen-bond acceptors (Lipinski definition) is 2. The third-order valence-corrected chi connectivity index (χ3v) is 3.12. The average molecular weight is 210 g/mol. The summed E-state index contributed by atoms with van der Waals surface area (Å²) in [5, 5.41) is 18.7. The second-order valence-electron chi connectivity index (χ2n) is 4.21. The summed E-state index contributed by atoms with van der Waals surface area (Å²) >= 11 is 0. The predicted octanol–water partition coefficient (Wildman–Crippen LogP) is 2.55. The zero-order valence-electron chi connectivity index (χ0n) is 8.49. The van der Waals surface area contributed by atoms with E-state index >= 15 is 0 Å². The fourth-order valence-corrected chi connectivity index (χ4v) is 2.23. The molecule has 0 aromatic heterocycles. The third-order valence-electron chi connectivity index (χ3n) is 3.12. The van der Waals surface area contributed by atoms with Gasteiger partial charge in [-0.2, -0.15) is 0 Å². The molecule has 0 aliphatic heterocycles. The molecule has 0 radical (unpaired) electrons. The molecule has 1 aliphatic carbocycles. The van der Waals surface area contributed by atoms with E-state index in [4.69, 9.17) is 0 Å². The van der Waals surface area contributed by atoms with Crippen LogP contribution in [0.1, 0.15) is 37.2 Å². The Morgan fingerprint density at radius 1 is 1.13 bits per heavy atom. The number of phenolic OH excluding ortho intramolecular Hbond substituents is 1. The molecular weight excluding hydrogens is 195 g/mol. The van der Waals surface area contributed by atoms with Gasteiger partial charge in [0, 0.05) is 0 Å². The normalized spacial score (nSPS) is 26.5. The van der Waals surface area contributed by atoms with E-state index < -0.39 is 0 Å². The first kappa shape index (κ1) is 10.4. The minimum atomic E-state index is -0.255. The number of phenols is 1. The Balaban J connectivity index is 2.18. The molecule has 2 N–H and O–H groups in total. The molecule has 1 saturated carbocycles. The molecule has 2 rings (SSSR count). The Labute approximate surface area is 88.4 Å². The standard InChI is InChI=1S/C12H15FO2/c13-12-6-5-10(15)7-11(12)8-1-3-9(14)4-2-8/h5-9,14-15H,1-4H2. The first-order valence-electron chi connectivity index (χ1n) is 5.33. The molecule has 0 spiro atoms. The summed E-state index contributed by atoms with van der Waals surface area (Å²) in [5.41, 5.74) is 0.585. The number of aliphatic hydroxyl groups is 1. The van der Waals surface area contributed by atoms with Gasteiger partial charge in [0.15, 0.2) is 0 Å². The average Bonchev–Trinajstić information content (AvgIpc) is 2.23. The molecule has 0 heterocycles. The van der Waals surface area contributed by atoms with Crippen molar-refractivity contribution in [1.29, 1.82) is 0 Å². The van der Waals surface area contributed by atoms with Crippen LogP contribution in [0.15, 0.2) is 18.2 Å². The summed E-state index contributed by atoms with van der Waals surface area (Å²) in [6.07, 6.45) is 2.80. The second-order valence-corrected chi connectivity index (χ2v) is 4.21. The summed E-state index contributed by atoms with van der Waals surface area (Å²) in [6, 6.07) is 4.16. The smallest absolute Gasteiger partial charge is 0.126 e. The Morgan fingerprint density at radius 2 is 1.80 bits per heavy atom. The quantitative estimate of drug-likeness (QED) is 0.747. The maximum atomic E-state index is 13.5. The Hall–Kier alpha value is -1.09. The Bertz CT molecular complexity index is 343. The highest BCUT2D eigenvalue weighted by molar-refractivity contribution is 5.31. The van der Waals surface area contributed by atoms with Crippen molar-refractivity contribution in [3.05, 3.63) is 29.6 Å². The second kappa shape index (κ2) is 4.19. The lowest BCUT2D eigenvalue weighted by molar-refractivity contribution is 0.122. The van der Waals surface area contributed by atoms with E-state index in [-0.39, 0.29) is 23.6 Å². The molecule has 0 amide bonds. The molecule has 1 aromatic rings. The SMILES string of the molecule is Oc1ccc(F)c(C2CCC(O)CC2)c1. The number of hydrogen-bond donors (Lipinski definition) is 2. The van der Waals surface area contributed by atoms with Gasteiger partial charge in [0.1, 0.15) is 11.6 Å². The fraction of sp³-hybridized carbons (Fsp3) is 0.500. The summed E-state index contributed by atoms with van der Waals surface area (Å²) in [6.45, 7) is 0. The maximum absolute atomic E-state index is 13.5. The van der Waals surface area contributed by atoms with Crippen LogP contribution in [-0.4, -0.2) is 16.3 Å². The van der Waals surface area contributed by atoms with E-state index in [1.54, 1.807) is 0 Å². The molecular formula is C12H15FO2. The van der Waals surface area contributed by atoms with Crippen molar-refractivity contribution in [2.75, 3.05) is 0 Å². The van der Waals surface area contributed by atoms with E-state index in [9.17, 15) is 14.6 Å². The lowest BCUT2D eigenvalue weighted by atomic mass is 9.82. The molecule has 15 heavy (non-hydrogen) atoms. The lowest BCUT2D eigenvalue weighted by Gasteiger charge is -2.25. The highest BCUT2D eigenvalue weighted by Crippen LogP contribution is 2.35. The van der Waals surface area contributed by atoms with Crippen molar-refractivity contribution in [1.82, 2.24) is 0 Å². The number of halogens is 1. The van der Waals surface area contributed by atoms with Crippen LogP contribution in [0.4, 0.5) is 4.39 Å². The van der Waals surface area contributed by atoms with Gasteiger partial charge in [0.25, 0.3) is 0 Å². The van der Waals surface area contributed by atoms with Crippen LogP contribution in [-0.2, 0) is 0 Å². The minimum absolute atomic E-state index is 0.109. The predicted molar refractivity (Wildman–Crippen MR) is 55.3 cm³/mol. The first-order valence-corrected chi connectivity index (χ1v) is 5.33. The zero-order chi connectivity index (χ0) is 10.8. The van der Waals surface area contributed by atoms with Crippen molar-refractivity contribution in [3.63, 3.8) is 0 Å². The van der Waals surface area contributed by atoms with Gasteiger partial charge >= 0.3 is 0 Å². The van der Waals surface area contributed by atoms with E-state index in [1.807, 2.05) is 0 Å². The highest BCUT2D eigenvalue weighted by atomic mass is 19.1. The van der Waals surface area contributed by atoms with Gasteiger partial charge in [-0.1, -0.05) is 0 Å². The van der Waals surface area contributed by atoms with E-state index in [0.29, 0.717) is 5.56 Å². The van der Waals surface area contributed by atoms with Gasteiger partial charge in [-0.25, -0.2) is 4.39 Å². The molecule has 3 heteroatoms. The molecule has 1 fully saturated rings. The molecule has 2 nitrogen and oxygen atoms in total. The van der Waals surface area contributed by atoms with Crippen molar-refractivity contribution in [2.45, 2.75) is 37.7 Å².